The van der Waals surface area contributed by atoms with Crippen LogP contribution in [0.3, 0.4) is 0 Å². The van der Waals surface area contributed by atoms with E-state index in [0.29, 0.717) is 13.1 Å². The third kappa shape index (κ3) is 4.12. The summed E-state index contributed by atoms with van der Waals surface area (Å²) in [5.74, 6) is 0.607. The average molecular weight is 349 g/mol. The van der Waals surface area contributed by atoms with E-state index in [-0.39, 0.29) is 16.8 Å². The Kier molecular flexibility index (Phi) is 5.59. The smallest absolute Gasteiger partial charge is 0.191 e. The third-order valence-corrected chi connectivity index (χ3v) is 5.53. The van der Waals surface area contributed by atoms with Gasteiger partial charge in [-0.25, -0.2) is 4.39 Å². The van der Waals surface area contributed by atoms with Crippen LogP contribution >= 0.6 is 0 Å². The van der Waals surface area contributed by atoms with E-state index in [1.165, 1.54) is 6.07 Å². The summed E-state index contributed by atoms with van der Waals surface area (Å²) in [6, 6.07) is 7.07. The van der Waals surface area contributed by atoms with E-state index in [0.717, 1.165) is 50.4 Å². The van der Waals surface area contributed by atoms with Crippen LogP contribution in [0.15, 0.2) is 29.3 Å². The second-order valence-electron chi connectivity index (χ2n) is 7.04. The van der Waals surface area contributed by atoms with Crippen LogP contribution in [0.25, 0.3) is 0 Å². The van der Waals surface area contributed by atoms with Crippen molar-refractivity contribution in [2.75, 3.05) is 40.5 Å². The third-order valence-electron chi connectivity index (χ3n) is 5.53. The molecular formula is C19H28FN3O2. The summed E-state index contributed by atoms with van der Waals surface area (Å²) in [4.78, 5) is 4.30. The Hall–Kier alpha value is -1.66. The molecule has 2 aliphatic rings. The van der Waals surface area contributed by atoms with Crippen molar-refractivity contribution in [2.24, 2.45) is 4.99 Å². The molecule has 25 heavy (non-hydrogen) atoms. The van der Waals surface area contributed by atoms with E-state index < -0.39 is 0 Å². The van der Waals surface area contributed by atoms with E-state index in [4.69, 9.17) is 9.47 Å². The summed E-state index contributed by atoms with van der Waals surface area (Å²) in [5.41, 5.74) is 0.481. The van der Waals surface area contributed by atoms with Crippen molar-refractivity contribution in [1.82, 2.24) is 10.6 Å². The fraction of sp³-hybridized carbons (Fsp3) is 0.632. The van der Waals surface area contributed by atoms with Crippen molar-refractivity contribution in [1.29, 1.82) is 0 Å². The standard InChI is InChI=1S/C19H28FN3O2/c1-21-17(23-14-19(24-2)9-11-25-12-10-19)22-13-18(7-8-18)15-5-3-4-6-16(15)20/h3-6H,7-14H2,1-2H3,(H2,21,22,23). The lowest BCUT2D eigenvalue weighted by atomic mass is 9.94. The fourth-order valence-corrected chi connectivity index (χ4v) is 3.50. The Morgan fingerprint density at radius 2 is 1.84 bits per heavy atom. The number of hydrogen-bond acceptors (Lipinski definition) is 3. The predicted molar refractivity (Wildman–Crippen MR) is 96.5 cm³/mol. The van der Waals surface area contributed by atoms with Gasteiger partial charge in [-0.05, 0) is 24.5 Å². The molecule has 0 amide bonds. The highest BCUT2D eigenvalue weighted by atomic mass is 19.1. The molecule has 6 heteroatoms. The molecule has 0 radical (unpaired) electrons. The zero-order valence-corrected chi connectivity index (χ0v) is 15.1. The molecule has 0 unspecified atom stereocenters. The number of hydrogen-bond donors (Lipinski definition) is 2. The molecular weight excluding hydrogens is 321 g/mol. The maximum Gasteiger partial charge on any atom is 0.191 e. The fourth-order valence-electron chi connectivity index (χ4n) is 3.50. The van der Waals surface area contributed by atoms with Crippen molar-refractivity contribution >= 4 is 5.96 Å². The van der Waals surface area contributed by atoms with Crippen molar-refractivity contribution in [2.45, 2.75) is 36.7 Å². The average Bonchev–Trinajstić information content (AvgIpc) is 3.44. The maximum absolute atomic E-state index is 14.1. The number of aliphatic imine (C=N–C) groups is 1. The first-order valence-electron chi connectivity index (χ1n) is 8.96. The lowest BCUT2D eigenvalue weighted by Crippen LogP contribution is -2.51. The largest absolute Gasteiger partial charge is 0.381 e. The van der Waals surface area contributed by atoms with Crippen LogP contribution in [0.2, 0.25) is 0 Å². The van der Waals surface area contributed by atoms with E-state index in [9.17, 15) is 4.39 Å². The Morgan fingerprint density at radius 3 is 2.44 bits per heavy atom. The summed E-state index contributed by atoms with van der Waals surface area (Å²) in [5, 5.41) is 6.73. The van der Waals surface area contributed by atoms with Gasteiger partial charge in [0.15, 0.2) is 5.96 Å². The van der Waals surface area contributed by atoms with Crippen LogP contribution in [0.1, 0.15) is 31.2 Å². The lowest BCUT2D eigenvalue weighted by molar-refractivity contribution is -0.0855. The molecule has 2 N–H and O–H groups in total. The Morgan fingerprint density at radius 1 is 1.16 bits per heavy atom. The van der Waals surface area contributed by atoms with E-state index in [1.54, 1.807) is 20.2 Å². The zero-order chi connectivity index (χ0) is 17.8. The molecule has 0 spiro atoms. The second kappa shape index (κ2) is 7.70. The van der Waals surface area contributed by atoms with Crippen molar-refractivity contribution in [3.8, 4) is 0 Å². The molecule has 1 saturated heterocycles. The van der Waals surface area contributed by atoms with Gasteiger partial charge in [0.05, 0.1) is 5.60 Å². The van der Waals surface area contributed by atoms with E-state index >= 15 is 0 Å². The van der Waals surface area contributed by atoms with Gasteiger partial charge >= 0.3 is 0 Å². The SMILES string of the molecule is CN=C(NCC1(OC)CCOCC1)NCC1(c2ccccc2F)CC1. The maximum atomic E-state index is 14.1. The minimum absolute atomic E-state index is 0.111. The molecule has 0 atom stereocenters. The molecule has 1 heterocycles. The number of benzene rings is 1. The monoisotopic (exact) mass is 349 g/mol. The van der Waals surface area contributed by atoms with Gasteiger partial charge < -0.3 is 20.1 Å². The van der Waals surface area contributed by atoms with E-state index in [1.807, 2.05) is 12.1 Å². The molecule has 1 aliphatic carbocycles. The van der Waals surface area contributed by atoms with Gasteiger partial charge in [-0.15, -0.1) is 0 Å². The zero-order valence-electron chi connectivity index (χ0n) is 15.1. The Labute approximate surface area is 149 Å². The summed E-state index contributed by atoms with van der Waals surface area (Å²) in [6.45, 7) is 2.80. The van der Waals surface area contributed by atoms with Crippen LogP contribution in [0.5, 0.6) is 0 Å². The van der Waals surface area contributed by atoms with Gasteiger partial charge in [-0.1, -0.05) is 18.2 Å². The van der Waals surface area contributed by atoms with Gasteiger partial charge in [-0.2, -0.15) is 0 Å². The van der Waals surface area contributed by atoms with Crippen LogP contribution < -0.4 is 10.6 Å². The quantitative estimate of drug-likeness (QED) is 0.611. The first-order chi connectivity index (χ1) is 12.1. The summed E-state index contributed by atoms with van der Waals surface area (Å²) >= 11 is 0. The van der Waals surface area contributed by atoms with Crippen LogP contribution in [-0.2, 0) is 14.9 Å². The molecule has 1 aromatic rings. The number of nitrogens with zero attached hydrogens (tertiary/aromatic N) is 1. The van der Waals surface area contributed by atoms with Crippen molar-refractivity contribution < 1.29 is 13.9 Å². The predicted octanol–water partition coefficient (Wildman–Crippen LogP) is 2.22. The summed E-state index contributed by atoms with van der Waals surface area (Å²) in [6.07, 6.45) is 3.73. The topological polar surface area (TPSA) is 54.9 Å². The van der Waals surface area contributed by atoms with Gasteiger partial charge in [0.25, 0.3) is 0 Å². The first kappa shape index (κ1) is 18.1. The minimum Gasteiger partial charge on any atom is -0.381 e. The molecule has 138 valence electrons. The number of methoxy groups -OCH3 is 1. The highest BCUT2D eigenvalue weighted by Crippen LogP contribution is 2.48. The number of rotatable bonds is 6. The van der Waals surface area contributed by atoms with Crippen LogP contribution in [-0.4, -0.2) is 52.0 Å². The molecule has 1 saturated carbocycles. The van der Waals surface area contributed by atoms with Crippen molar-refractivity contribution in [3.05, 3.63) is 35.6 Å². The van der Waals surface area contributed by atoms with E-state index in [2.05, 4.69) is 15.6 Å². The second-order valence-corrected chi connectivity index (χ2v) is 7.04. The molecule has 3 rings (SSSR count). The first-order valence-corrected chi connectivity index (χ1v) is 8.96. The van der Waals surface area contributed by atoms with Crippen molar-refractivity contribution in [3.63, 3.8) is 0 Å². The highest BCUT2D eigenvalue weighted by Gasteiger charge is 2.46. The van der Waals surface area contributed by atoms with Gasteiger partial charge in [0.2, 0.25) is 0 Å². The number of nitrogens with one attached hydrogen (secondary N) is 2. The molecule has 1 aromatic carbocycles. The number of ether oxygens (including phenoxy) is 2. The summed E-state index contributed by atoms with van der Waals surface area (Å²) < 4.78 is 25.3. The van der Waals surface area contributed by atoms with Crippen LogP contribution in [0, 0.1) is 5.82 Å². The molecule has 5 nitrogen and oxygen atoms in total. The molecule has 0 aromatic heterocycles. The molecule has 0 bridgehead atoms. The molecule has 2 fully saturated rings. The minimum atomic E-state index is -0.210. The number of halogens is 1. The normalized spacial score (nSPS) is 21.6. The Bertz CT molecular complexity index is 610. The van der Waals surface area contributed by atoms with Gasteiger partial charge in [0, 0.05) is 58.7 Å². The lowest BCUT2D eigenvalue weighted by Gasteiger charge is -2.36. The summed E-state index contributed by atoms with van der Waals surface area (Å²) in [7, 11) is 3.50. The van der Waals surface area contributed by atoms with Gasteiger partial charge in [0.1, 0.15) is 5.82 Å². The Balaban J connectivity index is 1.56. The highest BCUT2D eigenvalue weighted by molar-refractivity contribution is 5.80. The van der Waals surface area contributed by atoms with Gasteiger partial charge in [-0.3, -0.25) is 4.99 Å². The number of guanidine groups is 1. The van der Waals surface area contributed by atoms with Crippen LogP contribution in [0.4, 0.5) is 4.39 Å². The molecule has 1 aliphatic heterocycles.